The second kappa shape index (κ2) is 6.04. The molecule has 0 atom stereocenters. The lowest BCUT2D eigenvalue weighted by Crippen LogP contribution is -2.25. The van der Waals surface area contributed by atoms with E-state index in [9.17, 15) is 4.79 Å². The molecule has 100 valence electrons. The highest BCUT2D eigenvalue weighted by atomic mass is 16.6. The summed E-state index contributed by atoms with van der Waals surface area (Å²) in [5, 5.41) is 9.06. The van der Waals surface area contributed by atoms with E-state index in [1.807, 2.05) is 26.8 Å². The predicted molar refractivity (Wildman–Crippen MR) is 70.7 cm³/mol. The topological polar surface area (TPSA) is 50.1 Å². The van der Waals surface area contributed by atoms with Gasteiger partial charge < -0.3 is 4.74 Å². The van der Waals surface area contributed by atoms with Crippen LogP contribution in [0.3, 0.4) is 0 Å². The lowest BCUT2D eigenvalue weighted by atomic mass is 9.82. The lowest BCUT2D eigenvalue weighted by molar-refractivity contribution is -0.149. The Labute approximate surface area is 110 Å². The summed E-state index contributed by atoms with van der Waals surface area (Å²) in [4.78, 5) is 11.8. The molecule has 0 N–H and O–H groups in total. The van der Waals surface area contributed by atoms with Crippen LogP contribution in [0.2, 0.25) is 0 Å². The summed E-state index contributed by atoms with van der Waals surface area (Å²) in [6.45, 7) is 7.67. The zero-order valence-electron chi connectivity index (χ0n) is 11.8. The second-order valence-electron chi connectivity index (χ2n) is 6.21. The number of nitrogens with zero attached hydrogens (tertiary/aromatic N) is 1. The molecule has 0 aromatic heterocycles. The number of rotatable bonds is 2. The van der Waals surface area contributed by atoms with Crippen LogP contribution in [-0.4, -0.2) is 11.6 Å². The van der Waals surface area contributed by atoms with E-state index in [1.54, 1.807) is 6.08 Å². The SMILES string of the molecule is CC1CCC(/C=C(\C#N)C(=O)OC(C)(C)C)CC1. The fourth-order valence-electron chi connectivity index (χ4n) is 2.17. The Hall–Kier alpha value is -1.30. The molecule has 1 fully saturated rings. The summed E-state index contributed by atoms with van der Waals surface area (Å²) in [6, 6.07) is 1.97. The monoisotopic (exact) mass is 249 g/mol. The van der Waals surface area contributed by atoms with Gasteiger partial charge in [0.05, 0.1) is 0 Å². The van der Waals surface area contributed by atoms with E-state index in [-0.39, 0.29) is 5.57 Å². The Balaban J connectivity index is 2.66. The molecule has 0 heterocycles. The average molecular weight is 249 g/mol. The second-order valence-corrected chi connectivity index (χ2v) is 6.21. The average Bonchev–Trinajstić information content (AvgIpc) is 2.25. The van der Waals surface area contributed by atoms with E-state index in [4.69, 9.17) is 10.00 Å². The van der Waals surface area contributed by atoms with Crippen LogP contribution >= 0.6 is 0 Å². The van der Waals surface area contributed by atoms with E-state index >= 15 is 0 Å². The van der Waals surface area contributed by atoms with Crippen LogP contribution in [0.1, 0.15) is 53.4 Å². The van der Waals surface area contributed by atoms with Crippen LogP contribution in [-0.2, 0) is 9.53 Å². The third kappa shape index (κ3) is 4.91. The van der Waals surface area contributed by atoms with Gasteiger partial charge in [0.1, 0.15) is 17.2 Å². The Kier molecular flexibility index (Phi) is 4.95. The van der Waals surface area contributed by atoms with Crippen LogP contribution in [0, 0.1) is 23.2 Å². The van der Waals surface area contributed by atoms with Gasteiger partial charge in [-0.05, 0) is 45.4 Å². The molecule has 0 amide bonds. The fraction of sp³-hybridized carbons (Fsp3) is 0.733. The van der Waals surface area contributed by atoms with Gasteiger partial charge in [0, 0.05) is 0 Å². The quantitative estimate of drug-likeness (QED) is 0.427. The molecule has 0 aliphatic heterocycles. The van der Waals surface area contributed by atoms with Gasteiger partial charge in [-0.1, -0.05) is 25.8 Å². The molecule has 1 aliphatic carbocycles. The summed E-state index contributed by atoms with van der Waals surface area (Å²) in [5.74, 6) is 0.619. The van der Waals surface area contributed by atoms with Gasteiger partial charge in [0.15, 0.2) is 0 Å². The number of ether oxygens (including phenoxy) is 1. The maximum Gasteiger partial charge on any atom is 0.349 e. The van der Waals surface area contributed by atoms with Crippen molar-refractivity contribution in [3.05, 3.63) is 11.6 Å². The number of hydrogen-bond acceptors (Lipinski definition) is 3. The first-order chi connectivity index (χ1) is 8.31. The minimum absolute atomic E-state index is 0.157. The van der Waals surface area contributed by atoms with Crippen molar-refractivity contribution in [1.82, 2.24) is 0 Å². The van der Waals surface area contributed by atoms with Crippen LogP contribution in [0.4, 0.5) is 0 Å². The van der Waals surface area contributed by atoms with E-state index in [1.165, 1.54) is 12.8 Å². The number of nitriles is 1. The number of carbonyl (C=O) groups is 1. The lowest BCUT2D eigenvalue weighted by Gasteiger charge is -2.24. The molecule has 0 bridgehead atoms. The van der Waals surface area contributed by atoms with Gasteiger partial charge in [0.2, 0.25) is 0 Å². The van der Waals surface area contributed by atoms with E-state index in [0.29, 0.717) is 5.92 Å². The third-order valence-electron chi connectivity index (χ3n) is 3.20. The Morgan fingerprint density at radius 3 is 2.28 bits per heavy atom. The standard InChI is InChI=1S/C15H23NO2/c1-11-5-7-12(8-6-11)9-13(10-16)14(17)18-15(2,3)4/h9,11-12H,5-8H2,1-4H3/b13-9+. The van der Waals surface area contributed by atoms with Crippen molar-refractivity contribution in [2.24, 2.45) is 11.8 Å². The van der Waals surface area contributed by atoms with Crippen LogP contribution in [0.15, 0.2) is 11.6 Å². The van der Waals surface area contributed by atoms with Crippen molar-refractivity contribution >= 4 is 5.97 Å². The minimum Gasteiger partial charge on any atom is -0.456 e. The molecule has 0 unspecified atom stereocenters. The van der Waals surface area contributed by atoms with Crippen LogP contribution in [0.5, 0.6) is 0 Å². The molecule has 3 heteroatoms. The summed E-state index contributed by atoms with van der Waals surface area (Å²) >= 11 is 0. The van der Waals surface area contributed by atoms with Crippen molar-refractivity contribution in [2.75, 3.05) is 0 Å². The minimum atomic E-state index is -0.548. The first-order valence-corrected chi connectivity index (χ1v) is 6.67. The van der Waals surface area contributed by atoms with Crippen molar-refractivity contribution in [2.45, 2.75) is 59.0 Å². The first kappa shape index (κ1) is 14.8. The molecule has 0 aromatic rings. The molecule has 1 saturated carbocycles. The normalized spacial score (nSPS) is 25.4. The molecule has 1 aliphatic rings. The van der Waals surface area contributed by atoms with Gasteiger partial charge in [-0.3, -0.25) is 0 Å². The molecule has 3 nitrogen and oxygen atoms in total. The van der Waals surface area contributed by atoms with Gasteiger partial charge in [0.25, 0.3) is 0 Å². The zero-order valence-corrected chi connectivity index (χ0v) is 11.8. The number of carbonyl (C=O) groups excluding carboxylic acids is 1. The molecule has 0 aromatic carbocycles. The maximum absolute atomic E-state index is 11.8. The Bertz CT molecular complexity index is 363. The van der Waals surface area contributed by atoms with Gasteiger partial charge in [-0.25, -0.2) is 4.79 Å². The summed E-state index contributed by atoms with van der Waals surface area (Å²) in [6.07, 6.45) is 6.28. The van der Waals surface area contributed by atoms with Gasteiger partial charge in [-0.2, -0.15) is 5.26 Å². The van der Waals surface area contributed by atoms with Crippen molar-refractivity contribution in [3.63, 3.8) is 0 Å². The summed E-state index contributed by atoms with van der Waals surface area (Å²) in [7, 11) is 0. The molecular weight excluding hydrogens is 226 g/mol. The zero-order chi connectivity index (χ0) is 13.8. The molecule has 0 saturated heterocycles. The van der Waals surface area contributed by atoms with Crippen LogP contribution in [0.25, 0.3) is 0 Å². The first-order valence-electron chi connectivity index (χ1n) is 6.67. The highest BCUT2D eigenvalue weighted by Crippen LogP contribution is 2.30. The van der Waals surface area contributed by atoms with Gasteiger partial charge in [-0.15, -0.1) is 0 Å². The Morgan fingerprint density at radius 2 is 1.83 bits per heavy atom. The highest BCUT2D eigenvalue weighted by molar-refractivity contribution is 5.93. The van der Waals surface area contributed by atoms with Crippen molar-refractivity contribution < 1.29 is 9.53 Å². The van der Waals surface area contributed by atoms with Crippen LogP contribution < -0.4 is 0 Å². The predicted octanol–water partition coefficient (Wildman–Crippen LogP) is 3.60. The molecule has 0 radical (unpaired) electrons. The fourth-order valence-corrected chi connectivity index (χ4v) is 2.17. The molecular formula is C15H23NO2. The Morgan fingerprint density at radius 1 is 1.28 bits per heavy atom. The summed E-state index contributed by atoms with van der Waals surface area (Å²) < 4.78 is 5.22. The molecule has 18 heavy (non-hydrogen) atoms. The third-order valence-corrected chi connectivity index (χ3v) is 3.20. The van der Waals surface area contributed by atoms with E-state index in [2.05, 4.69) is 6.92 Å². The summed E-state index contributed by atoms with van der Waals surface area (Å²) in [5.41, 5.74) is -0.391. The highest BCUT2D eigenvalue weighted by Gasteiger charge is 2.22. The number of hydrogen-bond donors (Lipinski definition) is 0. The van der Waals surface area contributed by atoms with Crippen molar-refractivity contribution in [3.8, 4) is 6.07 Å². The smallest absolute Gasteiger partial charge is 0.349 e. The van der Waals surface area contributed by atoms with E-state index in [0.717, 1.165) is 18.8 Å². The van der Waals surface area contributed by atoms with Gasteiger partial charge >= 0.3 is 5.97 Å². The maximum atomic E-state index is 11.8. The number of esters is 1. The van der Waals surface area contributed by atoms with Crippen molar-refractivity contribution in [1.29, 1.82) is 5.26 Å². The largest absolute Gasteiger partial charge is 0.456 e. The van der Waals surface area contributed by atoms with E-state index < -0.39 is 11.6 Å². The molecule has 1 rings (SSSR count). The number of allylic oxidation sites excluding steroid dienone is 1. The molecule has 0 spiro atoms.